The number of nitrogens with zero attached hydrogens (tertiary/aromatic N) is 1. The van der Waals surface area contributed by atoms with Gasteiger partial charge in [0, 0.05) is 22.2 Å². The average molecular weight is 828 g/mol. The molecule has 0 amide bonds. The molecule has 1 heteroatoms. The van der Waals surface area contributed by atoms with Crippen molar-refractivity contribution >= 4 is 17.1 Å². The molecule has 0 aliphatic heterocycles. The maximum absolute atomic E-state index is 2.48. The fourth-order valence-electron chi connectivity index (χ4n) is 11.9. The van der Waals surface area contributed by atoms with Crippen molar-refractivity contribution in [2.24, 2.45) is 0 Å². The number of hydrogen-bond acceptors (Lipinski definition) is 1. The average Bonchev–Trinajstić information content (AvgIpc) is 3.93. The first-order chi connectivity index (χ1) is 32.0. The van der Waals surface area contributed by atoms with Crippen molar-refractivity contribution in [1.29, 1.82) is 0 Å². The maximum atomic E-state index is 2.48. The zero-order valence-corrected chi connectivity index (χ0v) is 36.5. The second-order valence-electron chi connectivity index (χ2n) is 18.3. The van der Waals surface area contributed by atoms with E-state index in [4.69, 9.17) is 0 Å². The van der Waals surface area contributed by atoms with Gasteiger partial charge in [-0.15, -0.1) is 0 Å². The van der Waals surface area contributed by atoms with Gasteiger partial charge in [0.05, 0.1) is 16.8 Å². The predicted octanol–water partition coefficient (Wildman–Crippen LogP) is 16.8. The summed E-state index contributed by atoms with van der Waals surface area (Å²) in [5.74, 6) is 0. The summed E-state index contributed by atoms with van der Waals surface area (Å²) in [7, 11) is 0. The van der Waals surface area contributed by atoms with Gasteiger partial charge >= 0.3 is 0 Å². The Bertz CT molecular complexity index is 3470. The maximum Gasteiger partial charge on any atom is 0.0725 e. The zero-order chi connectivity index (χ0) is 43.3. The number of rotatable bonds is 6. The molecule has 1 nitrogen and oxygen atoms in total. The fourth-order valence-corrected chi connectivity index (χ4v) is 11.9. The lowest BCUT2D eigenvalue weighted by atomic mass is 9.70. The van der Waals surface area contributed by atoms with Crippen LogP contribution in [0.4, 0.5) is 17.1 Å². The van der Waals surface area contributed by atoms with Gasteiger partial charge in [0.25, 0.3) is 0 Å². The molecule has 10 aromatic rings. The first kappa shape index (κ1) is 37.5. The van der Waals surface area contributed by atoms with Gasteiger partial charge in [-0.1, -0.05) is 220 Å². The molecule has 0 fully saturated rings. The number of benzene rings is 10. The largest absolute Gasteiger partial charge is 0.309 e. The molecule has 0 N–H and O–H groups in total. The summed E-state index contributed by atoms with van der Waals surface area (Å²) in [6, 6.07) is 88.0. The molecule has 65 heavy (non-hydrogen) atoms. The van der Waals surface area contributed by atoms with Crippen LogP contribution in [0, 0.1) is 0 Å². The van der Waals surface area contributed by atoms with Crippen LogP contribution in [-0.2, 0) is 10.8 Å². The molecule has 3 aliphatic rings. The van der Waals surface area contributed by atoms with E-state index in [0.717, 1.165) is 17.1 Å². The van der Waals surface area contributed by atoms with Gasteiger partial charge < -0.3 is 4.90 Å². The normalized spacial score (nSPS) is 13.9. The summed E-state index contributed by atoms with van der Waals surface area (Å²) in [5.41, 5.74) is 26.3. The van der Waals surface area contributed by atoms with E-state index in [1.165, 1.54) is 100 Å². The highest BCUT2D eigenvalue weighted by Crippen LogP contribution is 2.63. The van der Waals surface area contributed by atoms with E-state index in [-0.39, 0.29) is 10.8 Å². The lowest BCUT2D eigenvalue weighted by molar-refractivity contribution is 0.660. The highest BCUT2D eigenvalue weighted by molar-refractivity contribution is 6.00. The van der Waals surface area contributed by atoms with E-state index in [2.05, 4.69) is 255 Å². The summed E-state index contributed by atoms with van der Waals surface area (Å²) in [5, 5.41) is 0. The summed E-state index contributed by atoms with van der Waals surface area (Å²) < 4.78 is 0. The molecule has 306 valence electrons. The second-order valence-corrected chi connectivity index (χ2v) is 18.3. The lowest BCUT2D eigenvalue weighted by Crippen LogP contribution is -2.25. The minimum absolute atomic E-state index is 0.0986. The summed E-state index contributed by atoms with van der Waals surface area (Å²) in [6.07, 6.45) is 0. The van der Waals surface area contributed by atoms with Gasteiger partial charge in [-0.3, -0.25) is 0 Å². The van der Waals surface area contributed by atoms with Crippen molar-refractivity contribution in [3.63, 3.8) is 0 Å². The van der Waals surface area contributed by atoms with Crippen molar-refractivity contribution in [2.45, 2.75) is 24.7 Å². The molecule has 1 spiro atoms. The molecule has 0 saturated carbocycles. The third kappa shape index (κ3) is 5.33. The molecule has 3 aliphatic carbocycles. The Hall–Kier alpha value is -8.00. The smallest absolute Gasteiger partial charge is 0.0725 e. The Labute approximate surface area is 381 Å². The molecule has 0 heterocycles. The van der Waals surface area contributed by atoms with E-state index in [1.54, 1.807) is 0 Å². The standard InChI is InChI=1S/C64H45N/c1-63(2)54-28-12-9-26-52(54)62-51(27-18-32-59(62)63)50-25-11-17-34-61(50)65(60-33-16-10-21-46(60)43-19-4-3-5-20-43)45-38-35-42(36-39-45)44-37-40-58-53(41-44)49-24-8-15-31-57(49)64(58)55-29-13-6-22-47(55)48-23-7-14-30-56(48)64/h3-41H,1-2H3. The van der Waals surface area contributed by atoms with Gasteiger partial charge in [0.1, 0.15) is 0 Å². The van der Waals surface area contributed by atoms with Crippen LogP contribution in [0.1, 0.15) is 47.2 Å². The number of anilines is 3. The van der Waals surface area contributed by atoms with Gasteiger partial charge in [0.2, 0.25) is 0 Å². The molecule has 13 rings (SSSR count). The molecule has 10 aromatic carbocycles. The highest BCUT2D eigenvalue weighted by Gasteiger charge is 2.51. The Morgan fingerprint density at radius 2 is 0.723 bits per heavy atom. The van der Waals surface area contributed by atoms with Crippen molar-refractivity contribution in [3.8, 4) is 66.8 Å². The molecular weight excluding hydrogens is 783 g/mol. The predicted molar refractivity (Wildman–Crippen MR) is 271 cm³/mol. The van der Waals surface area contributed by atoms with E-state index < -0.39 is 0 Å². The molecule has 0 bridgehead atoms. The first-order valence-electron chi connectivity index (χ1n) is 22.8. The molecule has 0 atom stereocenters. The van der Waals surface area contributed by atoms with Crippen molar-refractivity contribution in [1.82, 2.24) is 0 Å². The van der Waals surface area contributed by atoms with Crippen LogP contribution in [0.15, 0.2) is 237 Å². The number of fused-ring (bicyclic) bond motifs is 13. The molecule has 0 radical (unpaired) electrons. The van der Waals surface area contributed by atoms with Crippen molar-refractivity contribution < 1.29 is 0 Å². The van der Waals surface area contributed by atoms with Gasteiger partial charge in [0.15, 0.2) is 0 Å². The van der Waals surface area contributed by atoms with E-state index in [0.29, 0.717) is 0 Å². The second kappa shape index (κ2) is 14.3. The number of para-hydroxylation sites is 2. The Morgan fingerprint density at radius 1 is 0.277 bits per heavy atom. The third-order valence-corrected chi connectivity index (χ3v) is 14.7. The first-order valence-corrected chi connectivity index (χ1v) is 22.8. The molecule has 0 saturated heterocycles. The molecule has 0 unspecified atom stereocenters. The van der Waals surface area contributed by atoms with Crippen molar-refractivity contribution in [2.75, 3.05) is 4.90 Å². The fraction of sp³-hybridized carbons (Fsp3) is 0.0625. The van der Waals surface area contributed by atoms with Crippen LogP contribution >= 0.6 is 0 Å². The van der Waals surface area contributed by atoms with Crippen molar-refractivity contribution in [3.05, 3.63) is 270 Å². The summed E-state index contributed by atoms with van der Waals surface area (Å²) >= 11 is 0. The van der Waals surface area contributed by atoms with Gasteiger partial charge in [-0.05, 0) is 119 Å². The van der Waals surface area contributed by atoms with Crippen LogP contribution in [0.3, 0.4) is 0 Å². The summed E-state index contributed by atoms with van der Waals surface area (Å²) in [6.45, 7) is 4.73. The van der Waals surface area contributed by atoms with Crippen LogP contribution in [0.2, 0.25) is 0 Å². The molecular formula is C64H45N. The third-order valence-electron chi connectivity index (χ3n) is 14.7. The van der Waals surface area contributed by atoms with Crippen LogP contribution in [0.5, 0.6) is 0 Å². The topological polar surface area (TPSA) is 3.24 Å². The zero-order valence-electron chi connectivity index (χ0n) is 36.5. The monoisotopic (exact) mass is 827 g/mol. The van der Waals surface area contributed by atoms with Crippen LogP contribution in [-0.4, -0.2) is 0 Å². The Balaban J connectivity index is 0.972. The minimum atomic E-state index is -0.349. The van der Waals surface area contributed by atoms with Gasteiger partial charge in [-0.2, -0.15) is 0 Å². The van der Waals surface area contributed by atoms with E-state index in [9.17, 15) is 0 Å². The molecule has 0 aromatic heterocycles. The lowest BCUT2D eigenvalue weighted by Gasteiger charge is -2.31. The van der Waals surface area contributed by atoms with Gasteiger partial charge in [-0.25, -0.2) is 0 Å². The Morgan fingerprint density at radius 3 is 1.37 bits per heavy atom. The minimum Gasteiger partial charge on any atom is -0.309 e. The Kier molecular flexibility index (Phi) is 8.24. The highest BCUT2D eigenvalue weighted by atomic mass is 15.1. The number of hydrogen-bond donors (Lipinski definition) is 0. The van der Waals surface area contributed by atoms with E-state index >= 15 is 0 Å². The quantitative estimate of drug-likeness (QED) is 0.161. The van der Waals surface area contributed by atoms with E-state index in [1.807, 2.05) is 0 Å². The van der Waals surface area contributed by atoms with Crippen LogP contribution < -0.4 is 4.90 Å². The SMILES string of the molecule is CC1(C)c2ccccc2-c2c(-c3ccccc3N(c3ccc(-c4ccc5c(c4)-c4ccccc4C54c5ccccc5-c5ccccc54)cc3)c3ccccc3-c3ccccc3)cccc21. The summed E-state index contributed by atoms with van der Waals surface area (Å²) in [4.78, 5) is 2.48. The van der Waals surface area contributed by atoms with Crippen LogP contribution in [0.25, 0.3) is 66.8 Å².